The van der Waals surface area contributed by atoms with Gasteiger partial charge in [-0.25, -0.2) is 0 Å². The molecule has 0 saturated carbocycles. The third kappa shape index (κ3) is 6.96. The van der Waals surface area contributed by atoms with Crippen LogP contribution < -0.4 is 0 Å². The zero-order valence-corrected chi connectivity index (χ0v) is 17.9. The first kappa shape index (κ1) is 19.9. The molecular weight excluding hydrogens is 399 g/mol. The van der Waals surface area contributed by atoms with Crippen LogP contribution in [-0.4, -0.2) is 14.4 Å². The molecule has 0 fully saturated rings. The Balaban J connectivity index is 2.45. The van der Waals surface area contributed by atoms with E-state index in [-0.39, 0.29) is 11.1 Å². The van der Waals surface area contributed by atoms with Gasteiger partial charge in [0.25, 0.3) is 0 Å². The van der Waals surface area contributed by atoms with Gasteiger partial charge in [0.2, 0.25) is 0 Å². The SMILES string of the molecule is CC(C)(C)[Si](C)(C)OC(/C=C/I)CCCCc1ccccc1. The number of halogens is 1. The Morgan fingerprint density at radius 1 is 1.14 bits per heavy atom. The van der Waals surface area contributed by atoms with E-state index in [1.807, 2.05) is 0 Å². The van der Waals surface area contributed by atoms with Crippen LogP contribution >= 0.6 is 22.6 Å². The quantitative estimate of drug-likeness (QED) is 0.252. The molecule has 22 heavy (non-hydrogen) atoms. The van der Waals surface area contributed by atoms with Gasteiger partial charge in [-0.05, 0) is 47.0 Å². The molecule has 0 bridgehead atoms. The minimum atomic E-state index is -1.68. The van der Waals surface area contributed by atoms with Crippen LogP contribution in [0.1, 0.15) is 45.6 Å². The molecule has 1 aromatic rings. The topological polar surface area (TPSA) is 9.23 Å². The number of rotatable bonds is 8. The van der Waals surface area contributed by atoms with E-state index in [1.54, 1.807) is 0 Å². The van der Waals surface area contributed by atoms with Crippen LogP contribution in [0.5, 0.6) is 0 Å². The first-order chi connectivity index (χ1) is 10.3. The second-order valence-corrected chi connectivity index (χ2v) is 12.9. The van der Waals surface area contributed by atoms with Crippen LogP contribution in [0.15, 0.2) is 40.5 Å². The largest absolute Gasteiger partial charge is 0.411 e. The fourth-order valence-electron chi connectivity index (χ4n) is 2.15. The number of benzene rings is 1. The van der Waals surface area contributed by atoms with Gasteiger partial charge in [0.1, 0.15) is 0 Å². The number of hydrogen-bond acceptors (Lipinski definition) is 1. The van der Waals surface area contributed by atoms with Gasteiger partial charge in [0.05, 0.1) is 6.10 Å². The third-order valence-electron chi connectivity index (χ3n) is 4.59. The van der Waals surface area contributed by atoms with Crippen molar-refractivity contribution in [3.05, 3.63) is 46.1 Å². The molecule has 0 heterocycles. The predicted octanol–water partition coefficient (Wildman–Crippen LogP) is 6.74. The highest BCUT2D eigenvalue weighted by Crippen LogP contribution is 2.38. The van der Waals surface area contributed by atoms with Crippen molar-refractivity contribution in [2.24, 2.45) is 0 Å². The van der Waals surface area contributed by atoms with Gasteiger partial charge in [-0.1, -0.05) is 86.2 Å². The van der Waals surface area contributed by atoms with Gasteiger partial charge in [-0.15, -0.1) is 0 Å². The minimum absolute atomic E-state index is 0.272. The lowest BCUT2D eigenvalue weighted by atomic mass is 10.1. The molecule has 0 spiro atoms. The first-order valence-electron chi connectivity index (χ1n) is 8.25. The normalized spacial score (nSPS) is 14.5. The maximum atomic E-state index is 6.54. The van der Waals surface area contributed by atoms with Crippen LogP contribution in [0.3, 0.4) is 0 Å². The highest BCUT2D eigenvalue weighted by Gasteiger charge is 2.38. The van der Waals surface area contributed by atoms with Crippen molar-refractivity contribution in [3.8, 4) is 0 Å². The molecule has 1 nitrogen and oxygen atoms in total. The van der Waals surface area contributed by atoms with Crippen LogP contribution in [0, 0.1) is 0 Å². The Bertz CT molecular complexity index is 448. The molecule has 0 aliphatic rings. The summed E-state index contributed by atoms with van der Waals surface area (Å²) in [6, 6.07) is 10.8. The fraction of sp³-hybridized carbons (Fsp3) is 0.579. The predicted molar refractivity (Wildman–Crippen MR) is 109 cm³/mol. The number of aryl methyl sites for hydroxylation is 1. The maximum Gasteiger partial charge on any atom is 0.192 e. The summed E-state index contributed by atoms with van der Waals surface area (Å²) in [7, 11) is -1.68. The van der Waals surface area contributed by atoms with E-state index in [1.165, 1.54) is 24.8 Å². The van der Waals surface area contributed by atoms with Gasteiger partial charge < -0.3 is 4.43 Å². The molecule has 0 amide bonds. The summed E-state index contributed by atoms with van der Waals surface area (Å²) in [5, 5.41) is 0.272. The van der Waals surface area contributed by atoms with E-state index in [4.69, 9.17) is 4.43 Å². The molecule has 0 aromatic heterocycles. The highest BCUT2D eigenvalue weighted by molar-refractivity contribution is 14.1. The van der Waals surface area contributed by atoms with E-state index in [2.05, 4.69) is 96.9 Å². The third-order valence-corrected chi connectivity index (χ3v) is 9.51. The molecule has 124 valence electrons. The second-order valence-electron chi connectivity index (χ2n) is 7.47. The average Bonchev–Trinajstić information content (AvgIpc) is 2.43. The van der Waals surface area contributed by atoms with Crippen molar-refractivity contribution in [1.29, 1.82) is 0 Å². The summed E-state index contributed by atoms with van der Waals surface area (Å²) >= 11 is 2.30. The lowest BCUT2D eigenvalue weighted by Crippen LogP contribution is -2.43. The van der Waals surface area contributed by atoms with Gasteiger partial charge in [-0.3, -0.25) is 0 Å². The summed E-state index contributed by atoms with van der Waals surface area (Å²) in [5.41, 5.74) is 1.44. The second kappa shape index (κ2) is 9.23. The molecule has 1 aromatic carbocycles. The van der Waals surface area contributed by atoms with E-state index in [9.17, 15) is 0 Å². The molecule has 1 atom stereocenters. The monoisotopic (exact) mass is 430 g/mol. The van der Waals surface area contributed by atoms with Crippen LogP contribution in [-0.2, 0) is 10.8 Å². The van der Waals surface area contributed by atoms with Gasteiger partial charge in [-0.2, -0.15) is 0 Å². The summed E-state index contributed by atoms with van der Waals surface area (Å²) in [6.45, 7) is 11.6. The Kier molecular flexibility index (Phi) is 8.36. The Morgan fingerprint density at radius 3 is 2.32 bits per heavy atom. The average molecular weight is 430 g/mol. The molecule has 0 aliphatic carbocycles. The maximum absolute atomic E-state index is 6.54. The van der Waals surface area contributed by atoms with E-state index >= 15 is 0 Å². The molecule has 3 heteroatoms. The van der Waals surface area contributed by atoms with Crippen molar-refractivity contribution in [2.75, 3.05) is 0 Å². The molecule has 1 unspecified atom stereocenters. The zero-order valence-electron chi connectivity index (χ0n) is 14.7. The molecule has 0 N–H and O–H groups in total. The van der Waals surface area contributed by atoms with Gasteiger partial charge >= 0.3 is 0 Å². The molecule has 0 radical (unpaired) electrons. The summed E-state index contributed by atoms with van der Waals surface area (Å²) in [6.07, 6.45) is 7.24. The Labute approximate surface area is 151 Å². The van der Waals surface area contributed by atoms with Crippen molar-refractivity contribution >= 4 is 30.9 Å². The van der Waals surface area contributed by atoms with Crippen molar-refractivity contribution < 1.29 is 4.43 Å². The van der Waals surface area contributed by atoms with Crippen LogP contribution in [0.2, 0.25) is 18.1 Å². The number of hydrogen-bond donors (Lipinski definition) is 0. The standard InChI is InChI=1S/C19H31IOSi/c1-19(2,3)22(4,5)21-18(15-16-20)14-10-9-13-17-11-7-6-8-12-17/h6-8,11-12,15-16,18H,9-10,13-14H2,1-5H3/b16-15+. The zero-order chi connectivity index (χ0) is 16.6. The summed E-state index contributed by atoms with van der Waals surface area (Å²) in [5.74, 6) is 0. The lowest BCUT2D eigenvalue weighted by Gasteiger charge is -2.38. The Morgan fingerprint density at radius 2 is 1.77 bits per heavy atom. The fourth-order valence-corrected chi connectivity index (χ4v) is 3.92. The van der Waals surface area contributed by atoms with E-state index in [0.717, 1.165) is 6.42 Å². The molecular formula is C19H31IOSi. The smallest absolute Gasteiger partial charge is 0.192 e. The van der Waals surface area contributed by atoms with E-state index < -0.39 is 8.32 Å². The lowest BCUT2D eigenvalue weighted by molar-refractivity contribution is 0.211. The van der Waals surface area contributed by atoms with Gasteiger partial charge in [0.15, 0.2) is 8.32 Å². The van der Waals surface area contributed by atoms with Crippen molar-refractivity contribution in [1.82, 2.24) is 0 Å². The molecule has 0 aliphatic heterocycles. The molecule has 1 rings (SSSR count). The minimum Gasteiger partial charge on any atom is -0.411 e. The summed E-state index contributed by atoms with van der Waals surface area (Å²) in [4.78, 5) is 0. The van der Waals surface area contributed by atoms with Gasteiger partial charge in [0, 0.05) is 0 Å². The number of unbranched alkanes of at least 4 members (excludes halogenated alkanes) is 1. The highest BCUT2D eigenvalue weighted by atomic mass is 127. The van der Waals surface area contributed by atoms with Crippen LogP contribution in [0.25, 0.3) is 0 Å². The van der Waals surface area contributed by atoms with Crippen LogP contribution in [0.4, 0.5) is 0 Å². The molecule has 0 saturated heterocycles. The van der Waals surface area contributed by atoms with E-state index in [0.29, 0.717) is 0 Å². The first-order valence-corrected chi connectivity index (χ1v) is 12.4. The van der Waals surface area contributed by atoms with Crippen molar-refractivity contribution in [3.63, 3.8) is 0 Å². The summed E-state index contributed by atoms with van der Waals surface area (Å²) < 4.78 is 8.65. The Hall–Kier alpha value is -0.133. The van der Waals surface area contributed by atoms with Crippen molar-refractivity contribution in [2.45, 2.75) is 70.7 Å².